The number of aromatic nitrogens is 1. The minimum Gasteiger partial charge on any atom is -0.334 e. The van der Waals surface area contributed by atoms with Gasteiger partial charge in [0.15, 0.2) is 0 Å². The van der Waals surface area contributed by atoms with Crippen LogP contribution in [0.4, 0.5) is 0 Å². The van der Waals surface area contributed by atoms with E-state index >= 15 is 0 Å². The number of nitrogens with zero attached hydrogens (tertiary/aromatic N) is 2. The fourth-order valence-corrected chi connectivity index (χ4v) is 2.60. The predicted molar refractivity (Wildman–Crippen MR) is 74.0 cm³/mol. The Morgan fingerprint density at radius 1 is 1.47 bits per heavy atom. The van der Waals surface area contributed by atoms with Gasteiger partial charge in [0.05, 0.1) is 0 Å². The van der Waals surface area contributed by atoms with Crippen LogP contribution >= 0.6 is 0 Å². The van der Waals surface area contributed by atoms with Gasteiger partial charge in [0, 0.05) is 43.5 Å². The number of hydrogen-bond donors (Lipinski definition) is 1. The molecule has 0 spiro atoms. The molecule has 5 heteroatoms. The molecule has 1 fully saturated rings. The molecule has 0 bridgehead atoms. The monoisotopic (exact) mass is 263 g/mol. The highest BCUT2D eigenvalue weighted by molar-refractivity contribution is 5.94. The Bertz CT molecular complexity index is 522. The van der Waals surface area contributed by atoms with E-state index in [4.69, 9.17) is 5.73 Å². The summed E-state index contributed by atoms with van der Waals surface area (Å²) in [5.41, 5.74) is 6.26. The van der Waals surface area contributed by atoms with Crippen molar-refractivity contribution in [3.05, 3.63) is 34.2 Å². The lowest BCUT2D eigenvalue weighted by molar-refractivity contribution is 0.0583. The van der Waals surface area contributed by atoms with Gasteiger partial charge in [0.25, 0.3) is 11.5 Å². The summed E-state index contributed by atoms with van der Waals surface area (Å²) in [7, 11) is 1.67. The average molecular weight is 263 g/mol. The van der Waals surface area contributed by atoms with E-state index in [2.05, 4.69) is 0 Å². The number of amides is 1. The van der Waals surface area contributed by atoms with Crippen molar-refractivity contribution in [3.8, 4) is 0 Å². The number of rotatable bonds is 2. The molecule has 0 saturated carbocycles. The van der Waals surface area contributed by atoms with Crippen molar-refractivity contribution in [1.82, 2.24) is 9.47 Å². The second-order valence-electron chi connectivity index (χ2n) is 5.29. The van der Waals surface area contributed by atoms with E-state index in [0.717, 1.165) is 25.8 Å². The average Bonchev–Trinajstić information content (AvgIpc) is 2.41. The summed E-state index contributed by atoms with van der Waals surface area (Å²) >= 11 is 0. The Labute approximate surface area is 113 Å². The lowest BCUT2D eigenvalue weighted by Gasteiger charge is -2.38. The first-order chi connectivity index (χ1) is 9.00. The van der Waals surface area contributed by atoms with Gasteiger partial charge >= 0.3 is 0 Å². The first-order valence-electron chi connectivity index (χ1n) is 6.74. The molecule has 0 aliphatic carbocycles. The highest BCUT2D eigenvalue weighted by Gasteiger charge is 2.29. The molecule has 2 rings (SSSR count). The van der Waals surface area contributed by atoms with Crippen LogP contribution in [0, 0.1) is 0 Å². The smallest absolute Gasteiger partial charge is 0.254 e. The van der Waals surface area contributed by atoms with E-state index < -0.39 is 0 Å². The van der Waals surface area contributed by atoms with Crippen LogP contribution in [-0.4, -0.2) is 34.0 Å². The van der Waals surface area contributed by atoms with Gasteiger partial charge in [-0.1, -0.05) is 0 Å². The Kier molecular flexibility index (Phi) is 4.04. The van der Waals surface area contributed by atoms with Crippen LogP contribution in [0.25, 0.3) is 0 Å². The molecule has 2 N–H and O–H groups in total. The Hall–Kier alpha value is -1.62. The number of hydrogen-bond acceptors (Lipinski definition) is 3. The topological polar surface area (TPSA) is 68.3 Å². The van der Waals surface area contributed by atoms with Crippen LogP contribution in [0.3, 0.4) is 0 Å². The van der Waals surface area contributed by atoms with Gasteiger partial charge in [-0.3, -0.25) is 9.59 Å². The summed E-state index contributed by atoms with van der Waals surface area (Å²) in [5, 5.41) is 0. The van der Waals surface area contributed by atoms with Gasteiger partial charge in [-0.25, -0.2) is 0 Å². The minimum atomic E-state index is -0.166. The van der Waals surface area contributed by atoms with Crippen molar-refractivity contribution in [2.24, 2.45) is 12.8 Å². The van der Waals surface area contributed by atoms with E-state index in [9.17, 15) is 9.59 Å². The van der Waals surface area contributed by atoms with Gasteiger partial charge < -0.3 is 15.2 Å². The number of carbonyl (C=O) groups is 1. The third-order valence-electron chi connectivity index (χ3n) is 3.77. The van der Waals surface area contributed by atoms with Crippen LogP contribution in [0.1, 0.15) is 36.5 Å². The van der Waals surface area contributed by atoms with Crippen LogP contribution in [0.15, 0.2) is 23.1 Å². The Morgan fingerprint density at radius 2 is 2.21 bits per heavy atom. The molecule has 1 amide bonds. The van der Waals surface area contributed by atoms with Crippen molar-refractivity contribution >= 4 is 5.91 Å². The molecule has 1 saturated heterocycles. The second-order valence-corrected chi connectivity index (χ2v) is 5.29. The summed E-state index contributed by atoms with van der Waals surface area (Å²) in [4.78, 5) is 25.9. The van der Waals surface area contributed by atoms with Crippen LogP contribution in [0.2, 0.25) is 0 Å². The number of nitrogens with two attached hydrogens (primary N) is 1. The third-order valence-corrected chi connectivity index (χ3v) is 3.77. The van der Waals surface area contributed by atoms with E-state index in [1.807, 2.05) is 11.8 Å². The molecule has 0 aromatic carbocycles. The highest BCUT2D eigenvalue weighted by Crippen LogP contribution is 2.21. The van der Waals surface area contributed by atoms with Crippen molar-refractivity contribution in [2.75, 3.05) is 6.54 Å². The maximum Gasteiger partial charge on any atom is 0.254 e. The molecule has 2 unspecified atom stereocenters. The zero-order chi connectivity index (χ0) is 14.0. The standard InChI is InChI=1S/C14H21N3O2/c1-10(15)12-5-3-4-7-17(12)14(19)11-6-8-16(2)13(18)9-11/h6,8-10,12H,3-5,7,15H2,1-2H3. The highest BCUT2D eigenvalue weighted by atomic mass is 16.2. The van der Waals surface area contributed by atoms with E-state index in [1.54, 1.807) is 19.3 Å². The van der Waals surface area contributed by atoms with Gasteiger partial charge in [0.1, 0.15) is 0 Å². The first-order valence-corrected chi connectivity index (χ1v) is 6.74. The summed E-state index contributed by atoms with van der Waals surface area (Å²) in [6.07, 6.45) is 4.67. The number of piperidine rings is 1. The van der Waals surface area contributed by atoms with Gasteiger partial charge in [-0.15, -0.1) is 0 Å². The number of likely N-dealkylation sites (tertiary alicyclic amines) is 1. The summed E-state index contributed by atoms with van der Waals surface area (Å²) in [5.74, 6) is -0.0836. The molecule has 104 valence electrons. The molecule has 1 aliphatic rings. The Balaban J connectivity index is 2.26. The normalized spacial score (nSPS) is 21.2. The van der Waals surface area contributed by atoms with Crippen LogP contribution in [-0.2, 0) is 7.05 Å². The fraction of sp³-hybridized carbons (Fsp3) is 0.571. The van der Waals surface area contributed by atoms with Crippen molar-refractivity contribution in [2.45, 2.75) is 38.3 Å². The fourth-order valence-electron chi connectivity index (χ4n) is 2.60. The number of aryl methyl sites for hydroxylation is 1. The maximum absolute atomic E-state index is 12.5. The molecule has 1 aromatic rings. The SMILES string of the molecule is CC(N)C1CCCCN1C(=O)c1ccn(C)c(=O)c1. The predicted octanol–water partition coefficient (Wildman–Crippen LogP) is 0.727. The summed E-state index contributed by atoms with van der Waals surface area (Å²) < 4.78 is 1.45. The zero-order valence-electron chi connectivity index (χ0n) is 11.5. The Morgan fingerprint density at radius 3 is 2.84 bits per heavy atom. The minimum absolute atomic E-state index is 0.0456. The number of pyridine rings is 1. The molecule has 19 heavy (non-hydrogen) atoms. The molecule has 1 aromatic heterocycles. The summed E-state index contributed by atoms with van der Waals surface area (Å²) in [6.45, 7) is 2.65. The van der Waals surface area contributed by atoms with Gasteiger partial charge in [0.2, 0.25) is 0 Å². The van der Waals surface area contributed by atoms with E-state index in [1.165, 1.54) is 10.6 Å². The molecule has 2 heterocycles. The molecular weight excluding hydrogens is 242 g/mol. The molecule has 0 radical (unpaired) electrons. The molecule has 5 nitrogen and oxygen atoms in total. The third kappa shape index (κ3) is 2.87. The van der Waals surface area contributed by atoms with E-state index in [0.29, 0.717) is 5.56 Å². The second kappa shape index (κ2) is 5.57. The maximum atomic E-state index is 12.5. The van der Waals surface area contributed by atoms with E-state index in [-0.39, 0.29) is 23.6 Å². The molecule has 2 atom stereocenters. The zero-order valence-corrected chi connectivity index (χ0v) is 11.5. The first kappa shape index (κ1) is 13.8. The lowest BCUT2D eigenvalue weighted by Crippen LogP contribution is -2.51. The quantitative estimate of drug-likeness (QED) is 0.855. The lowest BCUT2D eigenvalue weighted by atomic mass is 9.96. The van der Waals surface area contributed by atoms with Crippen molar-refractivity contribution in [1.29, 1.82) is 0 Å². The molecule has 1 aliphatic heterocycles. The summed E-state index contributed by atoms with van der Waals surface area (Å²) in [6, 6.07) is 3.12. The van der Waals surface area contributed by atoms with Crippen molar-refractivity contribution in [3.63, 3.8) is 0 Å². The van der Waals surface area contributed by atoms with Crippen molar-refractivity contribution < 1.29 is 4.79 Å². The largest absolute Gasteiger partial charge is 0.334 e. The van der Waals surface area contributed by atoms with Crippen LogP contribution in [0.5, 0.6) is 0 Å². The van der Waals surface area contributed by atoms with Crippen LogP contribution < -0.4 is 11.3 Å². The number of carbonyl (C=O) groups excluding carboxylic acids is 1. The van der Waals surface area contributed by atoms with Gasteiger partial charge in [-0.05, 0) is 32.3 Å². The molecular formula is C14H21N3O2. The van der Waals surface area contributed by atoms with Gasteiger partial charge in [-0.2, -0.15) is 0 Å².